The topological polar surface area (TPSA) is 76.4 Å². The van der Waals surface area contributed by atoms with Gasteiger partial charge in [0.25, 0.3) is 0 Å². The molecule has 1 aliphatic heterocycles. The molecule has 0 bridgehead atoms. The van der Waals surface area contributed by atoms with Crippen LogP contribution in [0.25, 0.3) is 0 Å². The minimum Gasteiger partial charge on any atom is -0.397 e. The van der Waals surface area contributed by atoms with Gasteiger partial charge in [0.2, 0.25) is 5.91 Å². The van der Waals surface area contributed by atoms with Crippen molar-refractivity contribution in [1.29, 1.82) is 0 Å². The molecule has 0 saturated heterocycles. The predicted octanol–water partition coefficient (Wildman–Crippen LogP) is 1.60. The lowest BCUT2D eigenvalue weighted by Gasteiger charge is -2.11. The first-order valence-electron chi connectivity index (χ1n) is 6.16. The highest BCUT2D eigenvalue weighted by molar-refractivity contribution is 6.00. The first kappa shape index (κ1) is 12.7. The number of unbranched alkanes of at least 4 members (excludes halogenated alkanes) is 1. The quantitative estimate of drug-likeness (QED) is 0.528. The summed E-state index contributed by atoms with van der Waals surface area (Å²) in [6, 6.07) is 3.77. The van der Waals surface area contributed by atoms with E-state index in [2.05, 4.69) is 10.6 Å². The molecular weight excluding hydrogens is 230 g/mol. The van der Waals surface area contributed by atoms with Crippen LogP contribution in [0.15, 0.2) is 12.1 Å². The molecule has 0 radical (unpaired) electrons. The van der Waals surface area contributed by atoms with E-state index in [0.29, 0.717) is 12.1 Å². The SMILES string of the molecule is COCCCCNc1cc2c(cc1N)CC(=O)N2. The normalized spacial score (nSPS) is 13.3. The van der Waals surface area contributed by atoms with E-state index in [9.17, 15) is 4.79 Å². The molecule has 0 fully saturated rings. The van der Waals surface area contributed by atoms with Crippen LogP contribution in [-0.2, 0) is 16.0 Å². The van der Waals surface area contributed by atoms with Crippen LogP contribution in [0.4, 0.5) is 17.1 Å². The molecule has 5 heteroatoms. The maximum atomic E-state index is 11.3. The second-order valence-electron chi connectivity index (χ2n) is 4.45. The monoisotopic (exact) mass is 249 g/mol. The fourth-order valence-electron chi connectivity index (χ4n) is 2.04. The van der Waals surface area contributed by atoms with E-state index in [1.807, 2.05) is 12.1 Å². The molecule has 0 atom stereocenters. The Morgan fingerprint density at radius 1 is 1.44 bits per heavy atom. The first-order valence-corrected chi connectivity index (χ1v) is 6.16. The highest BCUT2D eigenvalue weighted by atomic mass is 16.5. The molecule has 4 N–H and O–H groups in total. The number of hydrogen-bond donors (Lipinski definition) is 3. The summed E-state index contributed by atoms with van der Waals surface area (Å²) in [5.74, 6) is 0.0293. The molecule has 1 aliphatic rings. The third-order valence-corrected chi connectivity index (χ3v) is 2.99. The van der Waals surface area contributed by atoms with Gasteiger partial charge in [0.1, 0.15) is 0 Å². The van der Waals surface area contributed by atoms with Crippen molar-refractivity contribution in [2.75, 3.05) is 36.6 Å². The van der Waals surface area contributed by atoms with Crippen molar-refractivity contribution >= 4 is 23.0 Å². The predicted molar refractivity (Wildman–Crippen MR) is 72.8 cm³/mol. The first-order chi connectivity index (χ1) is 8.70. The second-order valence-corrected chi connectivity index (χ2v) is 4.45. The number of anilines is 3. The van der Waals surface area contributed by atoms with Gasteiger partial charge < -0.3 is 21.1 Å². The third-order valence-electron chi connectivity index (χ3n) is 2.99. The van der Waals surface area contributed by atoms with E-state index in [1.165, 1.54) is 0 Å². The smallest absolute Gasteiger partial charge is 0.228 e. The van der Waals surface area contributed by atoms with E-state index >= 15 is 0 Å². The maximum Gasteiger partial charge on any atom is 0.228 e. The van der Waals surface area contributed by atoms with Crippen molar-refractivity contribution in [3.63, 3.8) is 0 Å². The lowest BCUT2D eigenvalue weighted by Crippen LogP contribution is -2.06. The zero-order valence-corrected chi connectivity index (χ0v) is 10.6. The Hall–Kier alpha value is -1.75. The van der Waals surface area contributed by atoms with Crippen LogP contribution in [0.3, 0.4) is 0 Å². The van der Waals surface area contributed by atoms with Gasteiger partial charge in [-0.15, -0.1) is 0 Å². The van der Waals surface area contributed by atoms with Crippen LogP contribution in [0.2, 0.25) is 0 Å². The molecule has 1 aromatic carbocycles. The van der Waals surface area contributed by atoms with Gasteiger partial charge >= 0.3 is 0 Å². The molecule has 18 heavy (non-hydrogen) atoms. The van der Waals surface area contributed by atoms with Gasteiger partial charge in [-0.05, 0) is 30.5 Å². The lowest BCUT2D eigenvalue weighted by molar-refractivity contribution is -0.115. The number of carbonyl (C=O) groups is 1. The average molecular weight is 249 g/mol. The largest absolute Gasteiger partial charge is 0.397 e. The van der Waals surface area contributed by atoms with Gasteiger partial charge in [0.15, 0.2) is 0 Å². The van der Waals surface area contributed by atoms with Gasteiger partial charge in [-0.25, -0.2) is 0 Å². The molecule has 0 aromatic heterocycles. The molecule has 0 unspecified atom stereocenters. The van der Waals surface area contributed by atoms with Gasteiger partial charge in [0.05, 0.1) is 17.8 Å². The molecule has 98 valence electrons. The van der Waals surface area contributed by atoms with Crippen molar-refractivity contribution in [3.8, 4) is 0 Å². The zero-order valence-electron chi connectivity index (χ0n) is 10.6. The summed E-state index contributed by atoms with van der Waals surface area (Å²) < 4.78 is 4.99. The summed E-state index contributed by atoms with van der Waals surface area (Å²) in [6.07, 6.45) is 2.47. The molecule has 0 saturated carbocycles. The maximum absolute atomic E-state index is 11.3. The number of ether oxygens (including phenoxy) is 1. The number of amides is 1. The summed E-state index contributed by atoms with van der Waals surface area (Å²) in [5, 5.41) is 6.11. The Balaban J connectivity index is 1.93. The fourth-order valence-corrected chi connectivity index (χ4v) is 2.04. The number of benzene rings is 1. The molecule has 1 aromatic rings. The minimum absolute atomic E-state index is 0.0293. The van der Waals surface area contributed by atoms with Crippen molar-refractivity contribution in [1.82, 2.24) is 0 Å². The number of nitrogen functional groups attached to an aromatic ring is 1. The summed E-state index contributed by atoms with van der Waals surface area (Å²) >= 11 is 0. The average Bonchev–Trinajstić information content (AvgIpc) is 2.68. The van der Waals surface area contributed by atoms with Gasteiger partial charge in [-0.3, -0.25) is 4.79 Å². The molecule has 0 aliphatic carbocycles. The second kappa shape index (κ2) is 5.73. The summed E-state index contributed by atoms with van der Waals surface area (Å²) in [5.41, 5.74) is 9.37. The molecule has 1 heterocycles. The molecule has 5 nitrogen and oxygen atoms in total. The highest BCUT2D eigenvalue weighted by Crippen LogP contribution is 2.31. The Bertz CT molecular complexity index is 446. The standard InChI is InChI=1S/C13H19N3O2/c1-18-5-3-2-4-15-12-8-11-9(6-10(12)14)7-13(17)16-11/h6,8,15H,2-5,7,14H2,1H3,(H,16,17). The van der Waals surface area contributed by atoms with Crippen molar-refractivity contribution in [3.05, 3.63) is 17.7 Å². The van der Waals surface area contributed by atoms with Crippen LogP contribution >= 0.6 is 0 Å². The summed E-state index contributed by atoms with van der Waals surface area (Å²) in [6.45, 7) is 1.62. The van der Waals surface area contributed by atoms with Crippen molar-refractivity contribution in [2.24, 2.45) is 0 Å². The number of hydrogen-bond acceptors (Lipinski definition) is 4. The highest BCUT2D eigenvalue weighted by Gasteiger charge is 2.18. The number of fused-ring (bicyclic) bond motifs is 1. The summed E-state index contributed by atoms with van der Waals surface area (Å²) in [4.78, 5) is 11.3. The molecule has 0 spiro atoms. The number of nitrogens with two attached hydrogens (primary N) is 1. The fraction of sp³-hybridized carbons (Fsp3) is 0.462. The van der Waals surface area contributed by atoms with Gasteiger partial charge in [-0.2, -0.15) is 0 Å². The number of rotatable bonds is 6. The van der Waals surface area contributed by atoms with E-state index in [0.717, 1.165) is 42.9 Å². The Morgan fingerprint density at radius 3 is 3.06 bits per heavy atom. The van der Waals surface area contributed by atoms with Crippen molar-refractivity contribution < 1.29 is 9.53 Å². The number of methoxy groups -OCH3 is 1. The number of carbonyl (C=O) groups excluding carboxylic acids is 1. The minimum atomic E-state index is 0.0293. The Kier molecular flexibility index (Phi) is 4.04. The molecular formula is C13H19N3O2. The lowest BCUT2D eigenvalue weighted by atomic mass is 10.1. The van der Waals surface area contributed by atoms with Crippen LogP contribution in [0.5, 0.6) is 0 Å². The zero-order chi connectivity index (χ0) is 13.0. The van der Waals surface area contributed by atoms with E-state index in [-0.39, 0.29) is 5.91 Å². The van der Waals surface area contributed by atoms with Crippen LogP contribution in [-0.4, -0.2) is 26.2 Å². The van der Waals surface area contributed by atoms with Crippen LogP contribution in [0.1, 0.15) is 18.4 Å². The van der Waals surface area contributed by atoms with E-state index < -0.39 is 0 Å². The van der Waals surface area contributed by atoms with E-state index in [4.69, 9.17) is 10.5 Å². The molecule has 1 amide bonds. The van der Waals surface area contributed by atoms with Gasteiger partial charge in [-0.1, -0.05) is 0 Å². The Labute approximate surface area is 107 Å². The Morgan fingerprint density at radius 2 is 2.28 bits per heavy atom. The number of nitrogens with one attached hydrogen (secondary N) is 2. The van der Waals surface area contributed by atoms with Gasteiger partial charge in [0, 0.05) is 25.9 Å². The van der Waals surface area contributed by atoms with E-state index in [1.54, 1.807) is 7.11 Å². The molecule has 2 rings (SSSR count). The summed E-state index contributed by atoms with van der Waals surface area (Å²) in [7, 11) is 1.70. The van der Waals surface area contributed by atoms with Crippen LogP contribution < -0.4 is 16.4 Å². The van der Waals surface area contributed by atoms with Crippen LogP contribution in [0, 0.1) is 0 Å². The van der Waals surface area contributed by atoms with Crippen molar-refractivity contribution in [2.45, 2.75) is 19.3 Å². The third kappa shape index (κ3) is 2.92.